The molecule has 40 heavy (non-hydrogen) atoms. The van der Waals surface area contributed by atoms with Crippen LogP contribution in [-0.4, -0.2) is 31.8 Å². The van der Waals surface area contributed by atoms with Gasteiger partial charge in [0.05, 0.1) is 0 Å². The zero-order valence-corrected chi connectivity index (χ0v) is 22.2. The summed E-state index contributed by atoms with van der Waals surface area (Å²) in [6, 6.07) is 29.0. The summed E-state index contributed by atoms with van der Waals surface area (Å²) in [5.41, 5.74) is 4.74. The lowest BCUT2D eigenvalue weighted by Crippen LogP contribution is -2.11. The van der Waals surface area contributed by atoms with Crippen molar-refractivity contribution < 1.29 is 23.9 Å². The quantitative estimate of drug-likeness (QED) is 0.0981. The fourth-order valence-corrected chi connectivity index (χ4v) is 3.93. The maximum atomic E-state index is 13.1. The highest BCUT2D eigenvalue weighted by Crippen LogP contribution is 2.28. The zero-order chi connectivity index (χ0) is 28.6. The highest BCUT2D eigenvalue weighted by molar-refractivity contribution is 6.09. The third kappa shape index (κ3) is 6.52. The number of hydrogen-bond donors (Lipinski definition) is 0. The van der Waals surface area contributed by atoms with Crippen LogP contribution in [0.1, 0.15) is 15.9 Å². The molecule has 0 saturated carbocycles. The van der Waals surface area contributed by atoms with Crippen LogP contribution in [0.2, 0.25) is 0 Å². The molecule has 0 unspecified atom stereocenters. The van der Waals surface area contributed by atoms with Gasteiger partial charge in [-0.15, -0.1) is 0 Å². The highest BCUT2D eigenvalue weighted by Gasteiger charge is 2.12. The minimum atomic E-state index is -0.511. The number of hydrogen-bond acceptors (Lipinski definition) is 7. The maximum Gasteiger partial charge on any atom is 0.335 e. The Morgan fingerprint density at radius 2 is 0.800 bits per heavy atom. The number of carbonyl (C=O) groups is 3. The van der Waals surface area contributed by atoms with E-state index in [0.717, 1.165) is 34.9 Å². The molecule has 0 heterocycles. The number of carbonyl (C=O) groups excluding carboxylic acids is 3. The summed E-state index contributed by atoms with van der Waals surface area (Å²) < 4.78 is 10.2. The van der Waals surface area contributed by atoms with Gasteiger partial charge >= 0.3 is 11.9 Å². The molecule has 4 aromatic rings. The van der Waals surface area contributed by atoms with E-state index in [1.807, 2.05) is 72.4 Å². The molecule has 0 atom stereocenters. The molecule has 0 bridgehead atoms. The molecule has 4 rings (SSSR count). The van der Waals surface area contributed by atoms with Crippen molar-refractivity contribution in [2.24, 2.45) is 0 Å². The van der Waals surface area contributed by atoms with Crippen LogP contribution in [0.25, 0.3) is 0 Å². The summed E-state index contributed by atoms with van der Waals surface area (Å²) in [6.07, 6.45) is 2.23. The lowest BCUT2D eigenvalue weighted by atomic mass is 10.0. The maximum absolute atomic E-state index is 13.1. The van der Waals surface area contributed by atoms with Crippen LogP contribution >= 0.6 is 0 Å². The summed E-state index contributed by atoms with van der Waals surface area (Å²) in [7, 11) is 3.83. The Hall–Kier alpha value is -5.43. The van der Waals surface area contributed by atoms with Gasteiger partial charge in [-0.2, -0.15) is 0 Å². The Morgan fingerprint density at radius 3 is 1.07 bits per heavy atom. The lowest BCUT2D eigenvalue weighted by molar-refractivity contribution is -0.129. The summed E-state index contributed by atoms with van der Waals surface area (Å²) in [5.74, 6) is -0.231. The molecule has 0 aliphatic carbocycles. The first-order valence-electron chi connectivity index (χ1n) is 12.4. The summed E-state index contributed by atoms with van der Waals surface area (Å²) in [4.78, 5) is 39.8. The zero-order valence-electron chi connectivity index (χ0n) is 22.2. The molecule has 4 aromatic carbocycles. The van der Waals surface area contributed by atoms with Gasteiger partial charge in [-0.25, -0.2) is 9.59 Å². The monoisotopic (exact) mass is 532 g/mol. The Bertz CT molecular complexity index is 1410. The average molecular weight is 533 g/mol. The second-order valence-corrected chi connectivity index (χ2v) is 8.78. The van der Waals surface area contributed by atoms with Gasteiger partial charge in [0.2, 0.25) is 0 Å². The summed E-state index contributed by atoms with van der Waals surface area (Å²) in [6.45, 7) is 6.78. The largest absolute Gasteiger partial charge is 0.423 e. The van der Waals surface area contributed by atoms with Gasteiger partial charge in [0, 0.05) is 60.1 Å². The fraction of sp³-hybridized carbons (Fsp3) is 0.0606. The van der Waals surface area contributed by atoms with Gasteiger partial charge in [0.25, 0.3) is 0 Å². The average Bonchev–Trinajstić information content (AvgIpc) is 3.00. The Kier molecular flexibility index (Phi) is 8.56. The van der Waals surface area contributed by atoms with Crippen LogP contribution in [0, 0.1) is 0 Å². The molecule has 0 aliphatic rings. The van der Waals surface area contributed by atoms with Crippen molar-refractivity contribution in [2.75, 3.05) is 23.9 Å². The summed E-state index contributed by atoms with van der Waals surface area (Å²) >= 11 is 0. The first-order chi connectivity index (χ1) is 19.3. The minimum Gasteiger partial charge on any atom is -0.423 e. The predicted octanol–water partition coefficient (Wildman–Crippen LogP) is 6.64. The normalized spacial score (nSPS) is 10.2. The van der Waals surface area contributed by atoms with Gasteiger partial charge in [-0.05, 0) is 97.1 Å². The highest BCUT2D eigenvalue weighted by atomic mass is 16.5. The SMILES string of the molecule is C=CC(=O)Oc1ccc(N(C)c2ccc(C(=O)c3ccc(N(C)c4ccc(OC(=O)C=C)cc4)cc3)cc2)cc1. The van der Waals surface area contributed by atoms with Crippen LogP contribution in [0.3, 0.4) is 0 Å². The van der Waals surface area contributed by atoms with Crippen LogP contribution in [-0.2, 0) is 9.59 Å². The van der Waals surface area contributed by atoms with Crippen LogP contribution in [0.5, 0.6) is 11.5 Å². The van der Waals surface area contributed by atoms with Gasteiger partial charge in [0.1, 0.15) is 11.5 Å². The van der Waals surface area contributed by atoms with Crippen LogP contribution in [0.4, 0.5) is 22.7 Å². The third-order valence-corrected chi connectivity index (χ3v) is 6.25. The molecule has 0 fully saturated rings. The molecule has 0 radical (unpaired) electrons. The van der Waals surface area contributed by atoms with E-state index in [9.17, 15) is 14.4 Å². The molecule has 0 aromatic heterocycles. The minimum absolute atomic E-state index is 0.0785. The molecule has 0 N–H and O–H groups in total. The van der Waals surface area contributed by atoms with E-state index in [2.05, 4.69) is 13.2 Å². The summed E-state index contributed by atoms with van der Waals surface area (Å²) in [5, 5.41) is 0. The van der Waals surface area contributed by atoms with E-state index in [0.29, 0.717) is 22.6 Å². The molecule has 0 saturated heterocycles. The van der Waals surface area contributed by atoms with Crippen molar-refractivity contribution >= 4 is 40.5 Å². The van der Waals surface area contributed by atoms with Crippen LogP contribution < -0.4 is 19.3 Å². The second-order valence-electron chi connectivity index (χ2n) is 8.78. The number of anilines is 4. The molecular weight excluding hydrogens is 504 g/mol. The van der Waals surface area contributed by atoms with E-state index >= 15 is 0 Å². The second kappa shape index (κ2) is 12.4. The predicted molar refractivity (Wildman–Crippen MR) is 157 cm³/mol. The molecule has 7 nitrogen and oxygen atoms in total. The van der Waals surface area contributed by atoms with Crippen molar-refractivity contribution in [2.45, 2.75) is 0 Å². The molecular formula is C33H28N2O5. The van der Waals surface area contributed by atoms with E-state index in [1.165, 1.54) is 0 Å². The third-order valence-electron chi connectivity index (χ3n) is 6.25. The number of ketones is 1. The number of benzene rings is 4. The smallest absolute Gasteiger partial charge is 0.335 e. The van der Waals surface area contributed by atoms with Crippen molar-refractivity contribution in [3.05, 3.63) is 133 Å². The molecule has 0 amide bonds. The topological polar surface area (TPSA) is 76.2 Å². The van der Waals surface area contributed by atoms with Gasteiger partial charge in [0.15, 0.2) is 5.78 Å². The van der Waals surface area contributed by atoms with Gasteiger partial charge in [-0.1, -0.05) is 13.2 Å². The van der Waals surface area contributed by atoms with Crippen LogP contribution in [0.15, 0.2) is 122 Å². The standard InChI is InChI=1S/C33H28N2O5/c1-5-31(36)39-29-19-15-27(16-20-29)34(3)25-11-7-23(8-12-25)33(38)24-9-13-26(14-10-24)35(4)28-17-21-30(22-18-28)40-32(37)6-2/h5-22H,1-2H2,3-4H3. The number of nitrogens with zero attached hydrogens (tertiary/aromatic N) is 2. The van der Waals surface area contributed by atoms with Crippen molar-refractivity contribution in [3.63, 3.8) is 0 Å². The molecule has 0 aliphatic heterocycles. The molecule has 0 spiro atoms. The lowest BCUT2D eigenvalue weighted by Gasteiger charge is -2.20. The number of esters is 2. The molecule has 200 valence electrons. The van der Waals surface area contributed by atoms with Crippen molar-refractivity contribution in [3.8, 4) is 11.5 Å². The van der Waals surface area contributed by atoms with E-state index in [4.69, 9.17) is 9.47 Å². The fourth-order valence-electron chi connectivity index (χ4n) is 3.93. The van der Waals surface area contributed by atoms with Crippen molar-refractivity contribution in [1.82, 2.24) is 0 Å². The van der Waals surface area contributed by atoms with Gasteiger partial charge in [-0.3, -0.25) is 4.79 Å². The Morgan fingerprint density at radius 1 is 0.525 bits per heavy atom. The van der Waals surface area contributed by atoms with Gasteiger partial charge < -0.3 is 19.3 Å². The Balaban J connectivity index is 1.40. The number of ether oxygens (including phenoxy) is 2. The first-order valence-corrected chi connectivity index (χ1v) is 12.4. The first kappa shape index (κ1) is 27.6. The molecule has 7 heteroatoms. The van der Waals surface area contributed by atoms with E-state index < -0.39 is 11.9 Å². The van der Waals surface area contributed by atoms with E-state index in [-0.39, 0.29) is 5.78 Å². The Labute approximate surface area is 233 Å². The van der Waals surface area contributed by atoms with E-state index in [1.54, 1.807) is 48.5 Å². The van der Waals surface area contributed by atoms with Crippen molar-refractivity contribution in [1.29, 1.82) is 0 Å². The number of rotatable bonds is 10.